The Bertz CT molecular complexity index is 2700. The van der Waals surface area contributed by atoms with Crippen LogP contribution in [0.1, 0.15) is 13.3 Å². The molecule has 0 saturated heterocycles. The normalized spacial score (nSPS) is 11.0. The van der Waals surface area contributed by atoms with Gasteiger partial charge in [-0.1, -0.05) is 116 Å². The molecule has 0 aliphatic carbocycles. The number of hydrogen-bond donors (Lipinski definition) is 0. The maximum absolute atomic E-state index is 14.3. The highest BCUT2D eigenvalue weighted by Gasteiger charge is 2.17. The van der Waals surface area contributed by atoms with Crippen LogP contribution in [0.2, 0.25) is 0 Å². The third kappa shape index (κ3) is 5.86. The summed E-state index contributed by atoms with van der Waals surface area (Å²) in [6.07, 6.45) is 5.62. The number of hydrogen-bond acceptors (Lipinski definition) is 2. The second kappa shape index (κ2) is 13.7. The van der Waals surface area contributed by atoms with Crippen LogP contribution in [0, 0.1) is 18.2 Å². The smallest absolute Gasteiger partial charge is 0.227 e. The standard InChI is InChI=1S/C43H27FN2O.C4H6/c44-38-18-10-20-41-42(38)45-43(47-41)29-23-21-28(22-24-29)32-13-4-6-15-34(32)35-16-7-5-14-33(35)30-25-26-40-37(27-30)36-17-8-9-19-39(36)46(40)31-11-2-1-3-12-31;1-3-4-2/h1-27H;1H,4H2,2H3. The van der Waals surface area contributed by atoms with Crippen molar-refractivity contribution in [2.45, 2.75) is 13.3 Å². The van der Waals surface area contributed by atoms with Gasteiger partial charge in [-0.15, -0.1) is 12.3 Å². The Hall–Kier alpha value is -6.70. The number of oxazole rings is 1. The van der Waals surface area contributed by atoms with E-state index in [1.54, 1.807) is 12.1 Å². The predicted molar refractivity (Wildman–Crippen MR) is 209 cm³/mol. The SMILES string of the molecule is C#CCC.Fc1cccc2oc(-c3ccc(-c4ccccc4-c4ccccc4-c4ccc5c(c4)c4ccccc4n5-c4ccccc4)cc3)nc12. The van der Waals surface area contributed by atoms with Gasteiger partial charge in [0.2, 0.25) is 5.89 Å². The highest BCUT2D eigenvalue weighted by Crippen LogP contribution is 2.41. The first-order valence-electron chi connectivity index (χ1n) is 17.0. The van der Waals surface area contributed by atoms with E-state index in [4.69, 9.17) is 10.8 Å². The van der Waals surface area contributed by atoms with E-state index in [0.717, 1.165) is 45.5 Å². The lowest BCUT2D eigenvalue weighted by Crippen LogP contribution is -1.93. The van der Waals surface area contributed by atoms with Crippen LogP contribution in [0.15, 0.2) is 168 Å². The zero-order valence-corrected chi connectivity index (χ0v) is 28.1. The van der Waals surface area contributed by atoms with Gasteiger partial charge in [-0.2, -0.15) is 0 Å². The molecule has 0 aliphatic rings. The van der Waals surface area contributed by atoms with Gasteiger partial charge in [-0.25, -0.2) is 9.37 Å². The Morgan fingerprint density at radius 1 is 0.588 bits per heavy atom. The summed E-state index contributed by atoms with van der Waals surface area (Å²) >= 11 is 0. The highest BCUT2D eigenvalue weighted by molar-refractivity contribution is 6.11. The van der Waals surface area contributed by atoms with Gasteiger partial charge < -0.3 is 8.98 Å². The molecular formula is C47H33FN2O. The molecule has 0 aliphatic heterocycles. The number of rotatable bonds is 5. The van der Waals surface area contributed by atoms with Crippen LogP contribution in [0.25, 0.3) is 83.4 Å². The van der Waals surface area contributed by atoms with Crippen LogP contribution in [0.3, 0.4) is 0 Å². The van der Waals surface area contributed by atoms with Gasteiger partial charge in [0, 0.05) is 28.4 Å². The van der Waals surface area contributed by atoms with Crippen molar-refractivity contribution in [1.29, 1.82) is 0 Å². The average molecular weight is 661 g/mol. The molecule has 0 radical (unpaired) electrons. The summed E-state index contributed by atoms with van der Waals surface area (Å²) < 4.78 is 22.5. The Morgan fingerprint density at radius 2 is 1.16 bits per heavy atom. The largest absolute Gasteiger partial charge is 0.436 e. The van der Waals surface area contributed by atoms with Crippen LogP contribution in [-0.4, -0.2) is 9.55 Å². The van der Waals surface area contributed by atoms with Gasteiger partial charge in [-0.05, 0) is 88.0 Å². The molecule has 0 spiro atoms. The molecular weight excluding hydrogens is 628 g/mol. The summed E-state index contributed by atoms with van der Waals surface area (Å²) in [6.45, 7) is 1.94. The van der Waals surface area contributed by atoms with Gasteiger partial charge in [-0.3, -0.25) is 0 Å². The minimum Gasteiger partial charge on any atom is -0.436 e. The molecule has 0 bridgehead atoms. The average Bonchev–Trinajstić information content (AvgIpc) is 3.79. The minimum atomic E-state index is -0.386. The lowest BCUT2D eigenvalue weighted by molar-refractivity contribution is 0.617. The second-order valence-corrected chi connectivity index (χ2v) is 12.3. The topological polar surface area (TPSA) is 31.0 Å². The first-order valence-corrected chi connectivity index (χ1v) is 17.0. The molecule has 0 amide bonds. The predicted octanol–water partition coefficient (Wildman–Crippen LogP) is 12.8. The molecule has 3 nitrogen and oxygen atoms in total. The molecule has 0 N–H and O–H groups in total. The molecule has 0 saturated carbocycles. The van der Waals surface area contributed by atoms with Crippen molar-refractivity contribution in [3.05, 3.63) is 170 Å². The number of para-hydroxylation sites is 3. The monoisotopic (exact) mass is 660 g/mol. The third-order valence-corrected chi connectivity index (χ3v) is 9.16. The molecule has 9 rings (SSSR count). The molecule has 9 aromatic rings. The Morgan fingerprint density at radius 3 is 1.84 bits per heavy atom. The molecule has 4 heteroatoms. The van der Waals surface area contributed by atoms with Crippen molar-refractivity contribution in [2.75, 3.05) is 0 Å². The van der Waals surface area contributed by atoms with Crippen LogP contribution < -0.4 is 0 Å². The molecule has 0 unspecified atom stereocenters. The zero-order valence-electron chi connectivity index (χ0n) is 28.1. The van der Waals surface area contributed by atoms with E-state index in [2.05, 4.69) is 149 Å². The first-order chi connectivity index (χ1) is 25.1. The maximum Gasteiger partial charge on any atom is 0.227 e. The number of benzene rings is 7. The molecule has 0 fully saturated rings. The van der Waals surface area contributed by atoms with Gasteiger partial charge in [0.15, 0.2) is 11.4 Å². The van der Waals surface area contributed by atoms with E-state index in [1.807, 2.05) is 19.1 Å². The lowest BCUT2D eigenvalue weighted by atomic mass is 9.89. The summed E-state index contributed by atoms with van der Waals surface area (Å²) in [7, 11) is 0. The fourth-order valence-corrected chi connectivity index (χ4v) is 6.77. The highest BCUT2D eigenvalue weighted by atomic mass is 19.1. The van der Waals surface area contributed by atoms with Gasteiger partial charge in [0.25, 0.3) is 0 Å². The van der Waals surface area contributed by atoms with Crippen molar-refractivity contribution in [2.24, 2.45) is 0 Å². The Balaban J connectivity index is 0.000000890. The second-order valence-electron chi connectivity index (χ2n) is 12.3. The van der Waals surface area contributed by atoms with Crippen molar-refractivity contribution in [3.63, 3.8) is 0 Å². The van der Waals surface area contributed by atoms with Crippen molar-refractivity contribution < 1.29 is 8.81 Å². The van der Waals surface area contributed by atoms with Crippen molar-refractivity contribution >= 4 is 32.9 Å². The van der Waals surface area contributed by atoms with Crippen LogP contribution in [0.5, 0.6) is 0 Å². The number of aromatic nitrogens is 2. The minimum absolute atomic E-state index is 0.247. The van der Waals surface area contributed by atoms with Crippen molar-refractivity contribution in [1.82, 2.24) is 9.55 Å². The number of nitrogens with zero attached hydrogens (tertiary/aromatic N) is 2. The Kier molecular flexibility index (Phi) is 8.46. The van der Waals surface area contributed by atoms with E-state index in [0.29, 0.717) is 11.5 Å². The molecule has 244 valence electrons. The van der Waals surface area contributed by atoms with Crippen molar-refractivity contribution in [3.8, 4) is 62.9 Å². The molecule has 7 aromatic carbocycles. The Labute approximate surface area is 296 Å². The summed E-state index contributed by atoms with van der Waals surface area (Å²) in [5.41, 5.74) is 11.8. The first kappa shape index (κ1) is 31.6. The fraction of sp³-hybridized carbons (Fsp3) is 0.0426. The lowest BCUT2D eigenvalue weighted by Gasteiger charge is -2.15. The molecule has 2 heterocycles. The molecule has 0 atom stereocenters. The maximum atomic E-state index is 14.3. The summed E-state index contributed by atoms with van der Waals surface area (Å²) in [6, 6.07) is 56.0. The van der Waals surface area contributed by atoms with E-state index >= 15 is 0 Å². The van der Waals surface area contributed by atoms with Gasteiger partial charge in [0.05, 0.1) is 11.0 Å². The van der Waals surface area contributed by atoms with E-state index in [-0.39, 0.29) is 11.3 Å². The van der Waals surface area contributed by atoms with E-state index < -0.39 is 0 Å². The molecule has 2 aromatic heterocycles. The quantitative estimate of drug-likeness (QED) is 0.172. The number of fused-ring (bicyclic) bond motifs is 4. The van der Waals surface area contributed by atoms with E-state index in [9.17, 15) is 4.39 Å². The molecule has 51 heavy (non-hydrogen) atoms. The number of terminal acetylenes is 1. The third-order valence-electron chi connectivity index (χ3n) is 9.16. The van der Waals surface area contributed by atoms with Crippen LogP contribution in [-0.2, 0) is 0 Å². The van der Waals surface area contributed by atoms with E-state index in [1.165, 1.54) is 33.4 Å². The zero-order chi connectivity index (χ0) is 34.7. The van der Waals surface area contributed by atoms with Crippen LogP contribution in [0.4, 0.5) is 4.39 Å². The summed E-state index contributed by atoms with van der Waals surface area (Å²) in [5, 5.41) is 2.45. The summed E-state index contributed by atoms with van der Waals surface area (Å²) in [5.74, 6) is 2.45. The fourth-order valence-electron chi connectivity index (χ4n) is 6.77. The summed E-state index contributed by atoms with van der Waals surface area (Å²) in [4.78, 5) is 4.41. The van der Waals surface area contributed by atoms with Gasteiger partial charge in [0.1, 0.15) is 5.52 Å². The van der Waals surface area contributed by atoms with Crippen LogP contribution >= 0.6 is 0 Å². The van der Waals surface area contributed by atoms with Gasteiger partial charge >= 0.3 is 0 Å². The number of halogens is 1.